The van der Waals surface area contributed by atoms with Crippen LogP contribution in [0.5, 0.6) is 0 Å². The molecule has 1 aromatic carbocycles. The van der Waals surface area contributed by atoms with Crippen molar-refractivity contribution in [1.29, 1.82) is 0 Å². The molecular weight excluding hydrogens is 231 g/mol. The van der Waals surface area contributed by atoms with E-state index in [9.17, 15) is 13.2 Å². The number of hydrogen-bond donors (Lipinski definition) is 0. The van der Waals surface area contributed by atoms with Crippen LogP contribution in [0, 0.1) is 13.8 Å². The molecule has 0 aliphatic carbocycles. The fourth-order valence-corrected chi connectivity index (χ4v) is 1.60. The summed E-state index contributed by atoms with van der Waals surface area (Å²) in [5.41, 5.74) is 0.420. The zero-order valence-electron chi connectivity index (χ0n) is 9.30. The molecule has 0 saturated heterocycles. The van der Waals surface area contributed by atoms with Crippen LogP contribution in [0.25, 0.3) is 11.3 Å². The SMILES string of the molecule is Cc1ccc(-c2cc(C)no2)c(C(F)(F)F)c1. The Labute approximate surface area is 96.0 Å². The van der Waals surface area contributed by atoms with Gasteiger partial charge in [0, 0.05) is 11.6 Å². The van der Waals surface area contributed by atoms with Gasteiger partial charge in [0.25, 0.3) is 0 Å². The van der Waals surface area contributed by atoms with Gasteiger partial charge >= 0.3 is 6.18 Å². The Morgan fingerprint density at radius 2 is 1.82 bits per heavy atom. The van der Waals surface area contributed by atoms with Gasteiger partial charge in [-0.2, -0.15) is 13.2 Å². The molecule has 0 N–H and O–H groups in total. The molecule has 0 saturated carbocycles. The van der Waals surface area contributed by atoms with Crippen molar-refractivity contribution in [3.05, 3.63) is 41.1 Å². The highest BCUT2D eigenvalue weighted by atomic mass is 19.4. The van der Waals surface area contributed by atoms with Crippen molar-refractivity contribution < 1.29 is 17.7 Å². The summed E-state index contributed by atoms with van der Waals surface area (Å²) in [6, 6.07) is 5.60. The third-order valence-electron chi connectivity index (χ3n) is 2.37. The fraction of sp³-hybridized carbons (Fsp3) is 0.250. The van der Waals surface area contributed by atoms with Crippen LogP contribution >= 0.6 is 0 Å². The van der Waals surface area contributed by atoms with Crippen LogP contribution in [-0.2, 0) is 6.18 Å². The van der Waals surface area contributed by atoms with Crippen molar-refractivity contribution in [2.75, 3.05) is 0 Å². The molecule has 0 aliphatic heterocycles. The Hall–Kier alpha value is -1.78. The number of halogens is 3. The molecule has 90 valence electrons. The molecule has 0 aliphatic rings. The Balaban J connectivity index is 2.61. The number of aromatic nitrogens is 1. The normalized spacial score (nSPS) is 11.8. The van der Waals surface area contributed by atoms with Crippen LogP contribution in [0.4, 0.5) is 13.2 Å². The molecule has 0 amide bonds. The molecule has 17 heavy (non-hydrogen) atoms. The van der Waals surface area contributed by atoms with E-state index < -0.39 is 11.7 Å². The summed E-state index contributed by atoms with van der Waals surface area (Å²) in [5.74, 6) is 0.134. The molecule has 0 atom stereocenters. The minimum atomic E-state index is -4.40. The predicted octanol–water partition coefficient (Wildman–Crippen LogP) is 3.98. The van der Waals surface area contributed by atoms with Gasteiger partial charge in [0.05, 0.1) is 11.3 Å². The molecule has 2 nitrogen and oxygen atoms in total. The number of hydrogen-bond acceptors (Lipinski definition) is 2. The lowest BCUT2D eigenvalue weighted by molar-refractivity contribution is -0.137. The molecule has 2 rings (SSSR count). The van der Waals surface area contributed by atoms with Crippen molar-refractivity contribution >= 4 is 0 Å². The van der Waals surface area contributed by atoms with E-state index in [1.165, 1.54) is 12.1 Å². The maximum absolute atomic E-state index is 12.9. The second-order valence-electron chi connectivity index (χ2n) is 3.88. The van der Waals surface area contributed by atoms with Gasteiger partial charge in [-0.05, 0) is 19.9 Å². The smallest absolute Gasteiger partial charge is 0.356 e. The largest absolute Gasteiger partial charge is 0.417 e. The van der Waals surface area contributed by atoms with Gasteiger partial charge in [-0.15, -0.1) is 0 Å². The van der Waals surface area contributed by atoms with E-state index in [4.69, 9.17) is 4.52 Å². The monoisotopic (exact) mass is 241 g/mol. The Kier molecular flexibility index (Phi) is 2.69. The predicted molar refractivity (Wildman–Crippen MR) is 56.4 cm³/mol. The minimum Gasteiger partial charge on any atom is -0.356 e. The summed E-state index contributed by atoms with van der Waals surface area (Å²) in [7, 11) is 0. The lowest BCUT2D eigenvalue weighted by Gasteiger charge is -2.11. The zero-order valence-corrected chi connectivity index (χ0v) is 9.30. The summed E-state index contributed by atoms with van der Waals surface area (Å²) in [6.07, 6.45) is -4.40. The van der Waals surface area contributed by atoms with Gasteiger partial charge < -0.3 is 4.52 Å². The second-order valence-corrected chi connectivity index (χ2v) is 3.88. The molecule has 0 bridgehead atoms. The van der Waals surface area contributed by atoms with Crippen molar-refractivity contribution in [3.63, 3.8) is 0 Å². The van der Waals surface area contributed by atoms with Crippen LogP contribution in [-0.4, -0.2) is 5.16 Å². The molecule has 0 unspecified atom stereocenters. The van der Waals surface area contributed by atoms with Crippen LogP contribution in [0.15, 0.2) is 28.8 Å². The van der Waals surface area contributed by atoms with Crippen LogP contribution < -0.4 is 0 Å². The summed E-state index contributed by atoms with van der Waals surface area (Å²) in [6.45, 7) is 3.28. The van der Waals surface area contributed by atoms with E-state index in [0.29, 0.717) is 11.3 Å². The third kappa shape index (κ3) is 2.33. The average molecular weight is 241 g/mol. The van der Waals surface area contributed by atoms with Gasteiger partial charge in [-0.1, -0.05) is 22.9 Å². The van der Waals surface area contributed by atoms with Gasteiger partial charge in [0.15, 0.2) is 5.76 Å². The molecule has 0 radical (unpaired) electrons. The van der Waals surface area contributed by atoms with Crippen LogP contribution in [0.3, 0.4) is 0 Å². The zero-order chi connectivity index (χ0) is 12.6. The number of rotatable bonds is 1. The minimum absolute atomic E-state index is 0.0173. The molecule has 2 aromatic rings. The quantitative estimate of drug-likeness (QED) is 0.754. The average Bonchev–Trinajstić information content (AvgIpc) is 2.63. The van der Waals surface area contributed by atoms with Crippen molar-refractivity contribution in [3.8, 4) is 11.3 Å². The van der Waals surface area contributed by atoms with E-state index in [0.717, 1.165) is 6.07 Å². The van der Waals surface area contributed by atoms with Crippen molar-refractivity contribution in [2.24, 2.45) is 0 Å². The molecule has 0 fully saturated rings. The number of alkyl halides is 3. The number of nitrogens with zero attached hydrogens (tertiary/aromatic N) is 1. The Morgan fingerprint density at radius 1 is 1.12 bits per heavy atom. The fourth-order valence-electron chi connectivity index (χ4n) is 1.60. The van der Waals surface area contributed by atoms with Gasteiger partial charge in [0.1, 0.15) is 0 Å². The first-order valence-electron chi connectivity index (χ1n) is 4.99. The molecule has 1 heterocycles. The highest BCUT2D eigenvalue weighted by Crippen LogP contribution is 2.37. The van der Waals surface area contributed by atoms with Crippen LogP contribution in [0.2, 0.25) is 0 Å². The molecule has 1 aromatic heterocycles. The Bertz CT molecular complexity index is 543. The standard InChI is InChI=1S/C12H10F3NO/c1-7-3-4-9(10(5-7)12(13,14)15)11-6-8(2)16-17-11/h3-6H,1-2H3. The highest BCUT2D eigenvalue weighted by Gasteiger charge is 2.34. The summed E-state index contributed by atoms with van der Waals surface area (Å²) >= 11 is 0. The first kappa shape index (κ1) is 11.7. The van der Waals surface area contributed by atoms with Crippen molar-refractivity contribution in [1.82, 2.24) is 5.16 Å². The second kappa shape index (κ2) is 3.91. The van der Waals surface area contributed by atoms with Gasteiger partial charge in [-0.25, -0.2) is 0 Å². The van der Waals surface area contributed by atoms with E-state index in [1.54, 1.807) is 19.9 Å². The van der Waals surface area contributed by atoms with Gasteiger partial charge in [-0.3, -0.25) is 0 Å². The lowest BCUT2D eigenvalue weighted by Crippen LogP contribution is -2.07. The number of aryl methyl sites for hydroxylation is 2. The lowest BCUT2D eigenvalue weighted by atomic mass is 10.0. The summed E-state index contributed by atoms with van der Waals surface area (Å²) < 4.78 is 43.5. The maximum Gasteiger partial charge on any atom is 0.417 e. The highest BCUT2D eigenvalue weighted by molar-refractivity contribution is 5.63. The van der Waals surface area contributed by atoms with E-state index in [2.05, 4.69) is 5.16 Å². The third-order valence-corrected chi connectivity index (χ3v) is 2.37. The van der Waals surface area contributed by atoms with E-state index >= 15 is 0 Å². The summed E-state index contributed by atoms with van der Waals surface area (Å²) in [4.78, 5) is 0. The van der Waals surface area contributed by atoms with E-state index in [1.807, 2.05) is 0 Å². The molecule has 0 spiro atoms. The van der Waals surface area contributed by atoms with Crippen LogP contribution in [0.1, 0.15) is 16.8 Å². The Morgan fingerprint density at radius 3 is 2.35 bits per heavy atom. The summed E-state index contributed by atoms with van der Waals surface area (Å²) in [5, 5.41) is 3.60. The first-order valence-corrected chi connectivity index (χ1v) is 4.99. The topological polar surface area (TPSA) is 26.0 Å². The molecular formula is C12H10F3NO. The van der Waals surface area contributed by atoms with E-state index in [-0.39, 0.29) is 11.3 Å². The first-order chi connectivity index (χ1) is 7.88. The van der Waals surface area contributed by atoms with Gasteiger partial charge in [0.2, 0.25) is 0 Å². The van der Waals surface area contributed by atoms with Crippen molar-refractivity contribution in [2.45, 2.75) is 20.0 Å². The molecule has 5 heteroatoms. The number of benzene rings is 1. The maximum atomic E-state index is 12.9.